The van der Waals surface area contributed by atoms with Crippen LogP contribution >= 0.6 is 0 Å². The molecule has 0 unspecified atom stereocenters. The number of carbonyl (C=O) groups is 1. The van der Waals surface area contributed by atoms with Crippen LogP contribution in [-0.2, 0) is 22.3 Å². The van der Waals surface area contributed by atoms with Gasteiger partial charge in [0.25, 0.3) is 0 Å². The van der Waals surface area contributed by atoms with Crippen LogP contribution < -0.4 is 0 Å². The molecule has 0 saturated heterocycles. The van der Waals surface area contributed by atoms with Gasteiger partial charge in [-0.15, -0.1) is 10.2 Å². The van der Waals surface area contributed by atoms with Crippen molar-refractivity contribution in [2.24, 2.45) is 0 Å². The minimum absolute atomic E-state index is 0.0256. The Morgan fingerprint density at radius 2 is 1.90 bits per heavy atom. The van der Waals surface area contributed by atoms with Crippen molar-refractivity contribution in [3.05, 3.63) is 35.7 Å². The quantitative estimate of drug-likeness (QED) is 0.912. The number of alkyl halides is 3. The van der Waals surface area contributed by atoms with Crippen molar-refractivity contribution in [3.63, 3.8) is 0 Å². The maximum atomic E-state index is 12.4. The molecule has 6 nitrogen and oxygen atoms in total. The van der Waals surface area contributed by atoms with Crippen LogP contribution in [0.15, 0.2) is 28.7 Å². The van der Waals surface area contributed by atoms with Crippen LogP contribution in [0.1, 0.15) is 11.5 Å². The second-order valence-electron chi connectivity index (χ2n) is 3.96. The zero-order chi connectivity index (χ0) is 15.5. The lowest BCUT2D eigenvalue weighted by atomic mass is 10.1. The lowest BCUT2D eigenvalue weighted by Gasteiger charge is -2.05. The van der Waals surface area contributed by atoms with Crippen LogP contribution in [0.4, 0.5) is 13.2 Å². The Labute approximate surface area is 116 Å². The first-order valence-electron chi connectivity index (χ1n) is 5.66. The van der Waals surface area contributed by atoms with E-state index in [9.17, 15) is 18.0 Å². The number of carboxylic acids is 1. The Bertz CT molecular complexity index is 622. The first-order valence-corrected chi connectivity index (χ1v) is 5.66. The third kappa shape index (κ3) is 4.02. The summed E-state index contributed by atoms with van der Waals surface area (Å²) in [5.41, 5.74) is -0.462. The highest BCUT2D eigenvalue weighted by Crippen LogP contribution is 2.30. The molecule has 0 bridgehead atoms. The van der Waals surface area contributed by atoms with Crippen LogP contribution in [0.2, 0.25) is 0 Å². The molecule has 1 aromatic carbocycles. The maximum Gasteiger partial charge on any atom is 0.416 e. The van der Waals surface area contributed by atoms with Gasteiger partial charge in [0.15, 0.2) is 0 Å². The summed E-state index contributed by atoms with van der Waals surface area (Å²) >= 11 is 0. The summed E-state index contributed by atoms with van der Waals surface area (Å²) in [6, 6.07) is 4.22. The predicted octanol–water partition coefficient (Wildman–Crippen LogP) is 2.36. The summed E-state index contributed by atoms with van der Waals surface area (Å²) in [7, 11) is 0. The molecule has 1 aromatic heterocycles. The van der Waals surface area contributed by atoms with E-state index in [-0.39, 0.29) is 18.4 Å². The molecule has 0 aliphatic carbocycles. The molecule has 0 saturated carbocycles. The highest BCUT2D eigenvalue weighted by molar-refractivity contribution is 5.67. The van der Waals surface area contributed by atoms with E-state index in [1.165, 1.54) is 12.1 Å². The van der Waals surface area contributed by atoms with Gasteiger partial charge in [-0.1, -0.05) is 0 Å². The molecular formula is C12H9F3N2O4. The zero-order valence-electron chi connectivity index (χ0n) is 10.4. The molecule has 2 rings (SSSR count). The number of benzene rings is 1. The van der Waals surface area contributed by atoms with Gasteiger partial charge in [-0.25, -0.2) is 4.79 Å². The minimum Gasteiger partial charge on any atom is -0.480 e. The lowest BCUT2D eigenvalue weighted by Crippen LogP contribution is -2.06. The van der Waals surface area contributed by atoms with Gasteiger partial charge in [0.2, 0.25) is 11.8 Å². The van der Waals surface area contributed by atoms with Crippen LogP contribution in [0.3, 0.4) is 0 Å². The number of ether oxygens (including phenoxy) is 1. The zero-order valence-corrected chi connectivity index (χ0v) is 10.4. The Morgan fingerprint density at radius 1 is 1.24 bits per heavy atom. The lowest BCUT2D eigenvalue weighted by molar-refractivity contribution is -0.143. The normalized spacial score (nSPS) is 11.6. The molecule has 21 heavy (non-hydrogen) atoms. The number of rotatable bonds is 5. The molecule has 0 radical (unpaired) electrons. The van der Waals surface area contributed by atoms with Gasteiger partial charge in [0.1, 0.15) is 13.2 Å². The fourth-order valence-corrected chi connectivity index (χ4v) is 1.46. The second kappa shape index (κ2) is 5.92. The number of nitrogens with zero attached hydrogens (tertiary/aromatic N) is 2. The average molecular weight is 302 g/mol. The van der Waals surface area contributed by atoms with Gasteiger partial charge in [0.05, 0.1) is 5.56 Å². The topological polar surface area (TPSA) is 85.5 Å². The summed E-state index contributed by atoms with van der Waals surface area (Å²) in [4.78, 5) is 10.2. The van der Waals surface area contributed by atoms with Crippen LogP contribution in [0.25, 0.3) is 11.5 Å². The largest absolute Gasteiger partial charge is 0.480 e. The molecule has 1 N–H and O–H groups in total. The average Bonchev–Trinajstić information content (AvgIpc) is 2.86. The standard InChI is InChI=1S/C12H9F3N2O4/c13-12(14,15)8-3-1-7(2-4-8)11-17-16-9(21-11)5-20-6-10(18)19/h1-4H,5-6H2,(H,18,19). The fraction of sp³-hybridized carbons (Fsp3) is 0.250. The molecular weight excluding hydrogens is 293 g/mol. The third-order valence-electron chi connectivity index (χ3n) is 2.38. The number of hydrogen-bond acceptors (Lipinski definition) is 5. The van der Waals surface area contributed by atoms with Gasteiger partial charge >= 0.3 is 12.1 Å². The van der Waals surface area contributed by atoms with Crippen LogP contribution in [-0.4, -0.2) is 27.9 Å². The summed E-state index contributed by atoms with van der Waals surface area (Å²) in [6.45, 7) is -0.710. The van der Waals surface area contributed by atoms with E-state index in [4.69, 9.17) is 14.3 Å². The molecule has 9 heteroatoms. The van der Waals surface area contributed by atoms with E-state index in [1.807, 2.05) is 0 Å². The van der Waals surface area contributed by atoms with Gasteiger partial charge in [-0.05, 0) is 24.3 Å². The summed E-state index contributed by atoms with van der Waals surface area (Å²) in [6.07, 6.45) is -4.41. The monoisotopic (exact) mass is 302 g/mol. The van der Waals surface area contributed by atoms with E-state index in [1.54, 1.807) is 0 Å². The minimum atomic E-state index is -4.41. The number of carboxylic acid groups (broad SMARTS) is 1. The van der Waals surface area contributed by atoms with E-state index < -0.39 is 24.3 Å². The summed E-state index contributed by atoms with van der Waals surface area (Å²) in [5, 5.41) is 15.6. The molecule has 1 heterocycles. The van der Waals surface area contributed by atoms with Crippen molar-refractivity contribution in [2.45, 2.75) is 12.8 Å². The van der Waals surface area contributed by atoms with Gasteiger partial charge in [-0.3, -0.25) is 0 Å². The van der Waals surface area contributed by atoms with Gasteiger partial charge in [-0.2, -0.15) is 13.2 Å². The van der Waals surface area contributed by atoms with Crippen molar-refractivity contribution >= 4 is 5.97 Å². The molecule has 0 aliphatic rings. The highest BCUT2D eigenvalue weighted by Gasteiger charge is 2.30. The fourth-order valence-electron chi connectivity index (χ4n) is 1.46. The number of hydrogen-bond donors (Lipinski definition) is 1. The number of halogens is 3. The van der Waals surface area contributed by atoms with Crippen molar-refractivity contribution in [1.82, 2.24) is 10.2 Å². The van der Waals surface area contributed by atoms with Crippen LogP contribution in [0.5, 0.6) is 0 Å². The van der Waals surface area contributed by atoms with Crippen molar-refractivity contribution < 1.29 is 32.2 Å². The Morgan fingerprint density at radius 3 is 2.48 bits per heavy atom. The van der Waals surface area contributed by atoms with Crippen LogP contribution in [0, 0.1) is 0 Å². The Balaban J connectivity index is 2.05. The maximum absolute atomic E-state index is 12.4. The molecule has 0 fully saturated rings. The summed E-state index contributed by atoms with van der Waals surface area (Å²) in [5.74, 6) is -1.08. The molecule has 2 aromatic rings. The van der Waals surface area contributed by atoms with E-state index >= 15 is 0 Å². The molecule has 0 atom stereocenters. The van der Waals surface area contributed by atoms with E-state index in [0.29, 0.717) is 5.56 Å². The first kappa shape index (κ1) is 15.0. The predicted molar refractivity (Wildman–Crippen MR) is 62.0 cm³/mol. The van der Waals surface area contributed by atoms with Crippen molar-refractivity contribution in [1.29, 1.82) is 0 Å². The smallest absolute Gasteiger partial charge is 0.416 e. The molecule has 0 spiro atoms. The van der Waals surface area contributed by atoms with Crippen molar-refractivity contribution in [2.75, 3.05) is 6.61 Å². The van der Waals surface area contributed by atoms with Crippen molar-refractivity contribution in [3.8, 4) is 11.5 Å². The van der Waals surface area contributed by atoms with E-state index in [0.717, 1.165) is 12.1 Å². The molecule has 112 valence electrons. The van der Waals surface area contributed by atoms with E-state index in [2.05, 4.69) is 10.2 Å². The molecule has 0 aliphatic heterocycles. The highest BCUT2D eigenvalue weighted by atomic mass is 19.4. The Hall–Kier alpha value is -2.42. The third-order valence-corrected chi connectivity index (χ3v) is 2.38. The number of aromatic nitrogens is 2. The number of aliphatic carboxylic acids is 1. The Kier molecular flexibility index (Phi) is 4.22. The van der Waals surface area contributed by atoms with Gasteiger partial charge in [0, 0.05) is 5.56 Å². The van der Waals surface area contributed by atoms with Gasteiger partial charge < -0.3 is 14.3 Å². The first-order chi connectivity index (χ1) is 9.86. The second-order valence-corrected chi connectivity index (χ2v) is 3.96. The SMILES string of the molecule is O=C(O)COCc1nnc(-c2ccc(C(F)(F)F)cc2)o1. The summed E-state index contributed by atoms with van der Waals surface area (Å²) < 4.78 is 47.1. The molecule has 0 amide bonds.